The van der Waals surface area contributed by atoms with Crippen molar-refractivity contribution < 1.29 is 9.53 Å². The van der Waals surface area contributed by atoms with Gasteiger partial charge in [-0.1, -0.05) is 5.21 Å². The molecule has 140 valence electrons. The minimum absolute atomic E-state index is 0.00244. The molecule has 0 saturated carbocycles. The average molecular weight is 375 g/mol. The van der Waals surface area contributed by atoms with E-state index < -0.39 is 0 Å². The highest BCUT2D eigenvalue weighted by Crippen LogP contribution is 2.28. The van der Waals surface area contributed by atoms with Crippen LogP contribution in [-0.2, 0) is 4.74 Å². The quantitative estimate of drug-likeness (QED) is 0.890. The molecule has 2 aliphatic heterocycles. The van der Waals surface area contributed by atoms with Crippen LogP contribution in [0.4, 0.5) is 0 Å². The molecule has 0 spiro atoms. The maximum atomic E-state index is 13.1. The fourth-order valence-electron chi connectivity index (χ4n) is 3.85. The molecule has 2 aromatic heterocycles. The van der Waals surface area contributed by atoms with Gasteiger partial charge in [0.25, 0.3) is 5.91 Å². The highest BCUT2D eigenvalue weighted by molar-refractivity contribution is 7.07. The molecule has 0 radical (unpaired) electrons. The standard InChI is InChI=1S/C18H25N5O2S/c1-12-9-22(10-16(25-12)14-5-8-26-11-14)18(24)17-13(2)23(21-20-17)15-3-6-19-7-4-15/h5,8,11-12,15-16,19H,3-4,6-7,9-10H2,1-2H3. The zero-order valence-electron chi connectivity index (χ0n) is 15.2. The zero-order valence-corrected chi connectivity index (χ0v) is 16.0. The normalized spacial score (nSPS) is 24.8. The van der Waals surface area contributed by atoms with Crippen LogP contribution in [0.5, 0.6) is 0 Å². The molecule has 1 amide bonds. The van der Waals surface area contributed by atoms with Crippen LogP contribution >= 0.6 is 11.3 Å². The van der Waals surface area contributed by atoms with Crippen molar-refractivity contribution in [1.82, 2.24) is 25.2 Å². The molecule has 1 N–H and O–H groups in total. The van der Waals surface area contributed by atoms with Gasteiger partial charge in [0.1, 0.15) is 6.10 Å². The number of piperidine rings is 1. The Hall–Kier alpha value is -1.77. The summed E-state index contributed by atoms with van der Waals surface area (Å²) in [6.45, 7) is 7.07. The molecule has 0 aliphatic carbocycles. The van der Waals surface area contributed by atoms with Gasteiger partial charge in [0.15, 0.2) is 5.69 Å². The number of nitrogens with zero attached hydrogens (tertiary/aromatic N) is 4. The van der Waals surface area contributed by atoms with E-state index in [1.165, 1.54) is 0 Å². The third-order valence-corrected chi connectivity index (χ3v) is 5.95. The molecule has 2 fully saturated rings. The Kier molecular flexibility index (Phi) is 5.06. The molecular weight excluding hydrogens is 350 g/mol. The van der Waals surface area contributed by atoms with Gasteiger partial charge in [0, 0.05) is 6.54 Å². The summed E-state index contributed by atoms with van der Waals surface area (Å²) in [6.07, 6.45) is 1.96. The maximum Gasteiger partial charge on any atom is 0.276 e. The summed E-state index contributed by atoms with van der Waals surface area (Å²) in [5.74, 6) is -0.0435. The first kappa shape index (κ1) is 17.6. The van der Waals surface area contributed by atoms with E-state index in [1.54, 1.807) is 11.3 Å². The van der Waals surface area contributed by atoms with E-state index in [1.807, 2.05) is 28.8 Å². The van der Waals surface area contributed by atoms with Crippen molar-refractivity contribution in [3.8, 4) is 0 Å². The van der Waals surface area contributed by atoms with Crippen molar-refractivity contribution in [2.24, 2.45) is 0 Å². The van der Waals surface area contributed by atoms with Crippen LogP contribution in [0.25, 0.3) is 0 Å². The van der Waals surface area contributed by atoms with Gasteiger partial charge in [-0.05, 0) is 62.2 Å². The highest BCUT2D eigenvalue weighted by Gasteiger charge is 2.33. The number of hydrogen-bond donors (Lipinski definition) is 1. The molecule has 4 rings (SSSR count). The zero-order chi connectivity index (χ0) is 18.1. The number of carbonyl (C=O) groups excluding carboxylic acids is 1. The SMILES string of the molecule is Cc1c(C(=O)N2CC(C)OC(c3ccsc3)C2)nnn1C1CCNCC1. The topological polar surface area (TPSA) is 72.3 Å². The van der Waals surface area contributed by atoms with E-state index in [0.717, 1.165) is 37.2 Å². The van der Waals surface area contributed by atoms with E-state index >= 15 is 0 Å². The number of carbonyl (C=O) groups is 1. The predicted octanol–water partition coefficient (Wildman–Crippen LogP) is 2.17. The van der Waals surface area contributed by atoms with Crippen LogP contribution < -0.4 is 5.32 Å². The number of thiophene rings is 1. The van der Waals surface area contributed by atoms with Crippen molar-refractivity contribution in [2.45, 2.75) is 44.9 Å². The molecule has 2 atom stereocenters. The molecule has 4 heterocycles. The summed E-state index contributed by atoms with van der Waals surface area (Å²) in [5.41, 5.74) is 2.48. The first-order valence-electron chi connectivity index (χ1n) is 9.23. The third kappa shape index (κ3) is 3.41. The van der Waals surface area contributed by atoms with Gasteiger partial charge in [-0.3, -0.25) is 4.79 Å². The average Bonchev–Trinajstić information content (AvgIpc) is 3.31. The largest absolute Gasteiger partial charge is 0.367 e. The minimum atomic E-state index is -0.0753. The Balaban J connectivity index is 1.52. The number of rotatable bonds is 3. The maximum absolute atomic E-state index is 13.1. The van der Waals surface area contributed by atoms with E-state index in [2.05, 4.69) is 27.1 Å². The van der Waals surface area contributed by atoms with Crippen molar-refractivity contribution >= 4 is 17.2 Å². The number of amides is 1. The lowest BCUT2D eigenvalue weighted by Gasteiger charge is -2.36. The fraction of sp³-hybridized carbons (Fsp3) is 0.611. The summed E-state index contributed by atoms with van der Waals surface area (Å²) in [7, 11) is 0. The smallest absolute Gasteiger partial charge is 0.276 e. The van der Waals surface area contributed by atoms with E-state index in [0.29, 0.717) is 24.8 Å². The van der Waals surface area contributed by atoms with E-state index in [-0.39, 0.29) is 18.1 Å². The third-order valence-electron chi connectivity index (χ3n) is 5.25. The first-order valence-corrected chi connectivity index (χ1v) is 10.2. The lowest BCUT2D eigenvalue weighted by molar-refractivity contribution is -0.0691. The Morgan fingerprint density at radius 3 is 2.88 bits per heavy atom. The van der Waals surface area contributed by atoms with Crippen LogP contribution in [-0.4, -0.2) is 58.1 Å². The minimum Gasteiger partial charge on any atom is -0.367 e. The number of morpholine rings is 1. The molecule has 26 heavy (non-hydrogen) atoms. The molecule has 2 saturated heterocycles. The molecule has 8 heteroatoms. The lowest BCUT2D eigenvalue weighted by Crippen LogP contribution is -2.46. The summed E-state index contributed by atoms with van der Waals surface area (Å²) < 4.78 is 7.98. The van der Waals surface area contributed by atoms with E-state index in [4.69, 9.17) is 4.74 Å². The molecule has 2 unspecified atom stereocenters. The van der Waals surface area contributed by atoms with Gasteiger partial charge in [-0.15, -0.1) is 5.10 Å². The van der Waals surface area contributed by atoms with Crippen LogP contribution in [0.15, 0.2) is 16.8 Å². The monoisotopic (exact) mass is 375 g/mol. The second-order valence-electron chi connectivity index (χ2n) is 7.15. The number of ether oxygens (including phenoxy) is 1. The Labute approximate surface area is 157 Å². The molecule has 0 aromatic carbocycles. The summed E-state index contributed by atoms with van der Waals surface area (Å²) in [6, 6.07) is 2.39. The van der Waals surface area contributed by atoms with Crippen LogP contribution in [0, 0.1) is 6.92 Å². The molecule has 2 aliphatic rings. The first-order chi connectivity index (χ1) is 12.6. The number of aromatic nitrogens is 3. The summed E-state index contributed by atoms with van der Waals surface area (Å²) in [5, 5.41) is 16.0. The second-order valence-corrected chi connectivity index (χ2v) is 7.93. The van der Waals surface area contributed by atoms with Crippen LogP contribution in [0.3, 0.4) is 0 Å². The van der Waals surface area contributed by atoms with Gasteiger partial charge in [-0.2, -0.15) is 11.3 Å². The highest BCUT2D eigenvalue weighted by atomic mass is 32.1. The summed E-state index contributed by atoms with van der Waals surface area (Å²) in [4.78, 5) is 15.0. The Morgan fingerprint density at radius 2 is 2.15 bits per heavy atom. The van der Waals surface area contributed by atoms with Crippen molar-refractivity contribution in [2.75, 3.05) is 26.2 Å². The van der Waals surface area contributed by atoms with Crippen LogP contribution in [0.2, 0.25) is 0 Å². The predicted molar refractivity (Wildman–Crippen MR) is 99.4 cm³/mol. The molecular formula is C18H25N5O2S. The van der Waals surface area contributed by atoms with Crippen molar-refractivity contribution in [3.05, 3.63) is 33.8 Å². The lowest BCUT2D eigenvalue weighted by atomic mass is 10.1. The molecule has 7 nitrogen and oxygen atoms in total. The van der Waals surface area contributed by atoms with Gasteiger partial charge in [0.2, 0.25) is 0 Å². The van der Waals surface area contributed by atoms with Gasteiger partial charge < -0.3 is 15.0 Å². The van der Waals surface area contributed by atoms with Crippen LogP contribution in [0.1, 0.15) is 53.7 Å². The Bertz CT molecular complexity index is 754. The molecule has 2 aromatic rings. The Morgan fingerprint density at radius 1 is 1.35 bits per heavy atom. The number of nitrogens with one attached hydrogen (secondary N) is 1. The summed E-state index contributed by atoms with van der Waals surface area (Å²) >= 11 is 1.65. The van der Waals surface area contributed by atoms with Crippen molar-refractivity contribution in [3.63, 3.8) is 0 Å². The molecule has 0 bridgehead atoms. The van der Waals surface area contributed by atoms with E-state index in [9.17, 15) is 4.79 Å². The second kappa shape index (κ2) is 7.46. The van der Waals surface area contributed by atoms with Gasteiger partial charge >= 0.3 is 0 Å². The fourth-order valence-corrected chi connectivity index (χ4v) is 4.55. The van der Waals surface area contributed by atoms with Gasteiger partial charge in [-0.25, -0.2) is 4.68 Å². The van der Waals surface area contributed by atoms with Gasteiger partial charge in [0.05, 0.1) is 24.4 Å². The number of hydrogen-bond acceptors (Lipinski definition) is 6. The van der Waals surface area contributed by atoms with Crippen molar-refractivity contribution in [1.29, 1.82) is 0 Å².